The third-order valence-electron chi connectivity index (χ3n) is 14.2. The average Bonchev–Trinajstić information content (AvgIpc) is 3.27. The maximum absolute atomic E-state index is 8.42. The van der Waals surface area contributed by atoms with Gasteiger partial charge in [0.05, 0.1) is 81.6 Å². The predicted molar refractivity (Wildman–Crippen MR) is 299 cm³/mol. The van der Waals surface area contributed by atoms with E-state index >= 15 is 0 Å². The van der Waals surface area contributed by atoms with Crippen molar-refractivity contribution in [2.24, 2.45) is 0 Å². The minimum atomic E-state index is -2.92. The topological polar surface area (TPSA) is 69.2 Å². The van der Waals surface area contributed by atoms with E-state index in [-0.39, 0.29) is 0 Å². The highest BCUT2D eigenvalue weighted by atomic mass is 16.5. The first-order valence-corrected chi connectivity index (χ1v) is 30.5. The van der Waals surface area contributed by atoms with Gasteiger partial charge in [0.2, 0.25) is 0 Å². The fourth-order valence-electron chi connectivity index (χ4n) is 9.32. The summed E-state index contributed by atoms with van der Waals surface area (Å²) in [7, 11) is 11.6. The molecule has 0 saturated carbocycles. The fraction of sp³-hybridized carbons (Fsp3) is 1.00. The van der Waals surface area contributed by atoms with Crippen LogP contribution in [0.1, 0.15) is 311 Å². The zero-order valence-corrected chi connectivity index (χ0v) is 49.1. The van der Waals surface area contributed by atoms with Gasteiger partial charge in [-0.2, -0.15) is 0 Å². The minimum Gasteiger partial charge on any atom is -0.907 e. The number of hydrogen-bond donors (Lipinski definition) is 0. The highest BCUT2D eigenvalue weighted by Gasteiger charge is 2.15. The second-order valence-electron chi connectivity index (χ2n) is 23.2. The van der Waals surface area contributed by atoms with E-state index in [4.69, 9.17) is 15.1 Å². The van der Waals surface area contributed by atoms with Crippen LogP contribution in [-0.2, 0) is 0 Å². The summed E-state index contributed by atoms with van der Waals surface area (Å²) in [6.07, 6.45) is 60.2. The van der Waals surface area contributed by atoms with Gasteiger partial charge in [-0.1, -0.05) is 234 Å². The number of quaternary nitrogens is 3. The van der Waals surface area contributed by atoms with Gasteiger partial charge in [-0.3, -0.25) is 7.32 Å². The molecule has 0 atom stereocenters. The van der Waals surface area contributed by atoms with Crippen LogP contribution in [0.25, 0.3) is 0 Å². The molecule has 67 heavy (non-hydrogen) atoms. The smallest absolute Gasteiger partial charge is 0.0782 e. The van der Waals surface area contributed by atoms with E-state index in [1.54, 1.807) is 0 Å². The first-order valence-electron chi connectivity index (χ1n) is 30.5. The van der Waals surface area contributed by atoms with Crippen molar-refractivity contribution in [1.29, 1.82) is 0 Å². The van der Waals surface area contributed by atoms with E-state index in [1.807, 2.05) is 0 Å². The van der Waals surface area contributed by atoms with Crippen molar-refractivity contribution in [3.05, 3.63) is 0 Å². The highest BCUT2D eigenvalue weighted by molar-refractivity contribution is 6.24. The van der Waals surface area contributed by atoms with Crippen molar-refractivity contribution >= 4 is 7.32 Å². The number of hydrogen-bond acceptors (Lipinski definition) is 3. The summed E-state index contributed by atoms with van der Waals surface area (Å²) in [5, 5.41) is 25.2. The molecule has 6 nitrogen and oxygen atoms in total. The van der Waals surface area contributed by atoms with Gasteiger partial charge in [0.1, 0.15) is 0 Å². The van der Waals surface area contributed by atoms with Crippen LogP contribution in [0.3, 0.4) is 0 Å². The van der Waals surface area contributed by atoms with E-state index in [1.165, 1.54) is 322 Å². The SMILES string of the molecule is CCCCCCCCCC[N+](C)(C)CCCCCCCC.CCCCCCCCCC[N+](C)(C)CCCCCCCC.CCCCCCCCCC[N+](C)(C)CCCCCCCC.[O-]B([O-])[O-]. The Morgan fingerprint density at radius 3 is 0.388 bits per heavy atom. The summed E-state index contributed by atoms with van der Waals surface area (Å²) in [4.78, 5) is 0. The van der Waals surface area contributed by atoms with Crippen LogP contribution in [0.4, 0.5) is 0 Å². The predicted octanol–water partition coefficient (Wildman–Crippen LogP) is 15.7. The maximum atomic E-state index is 8.42. The Bertz CT molecular complexity index is 764. The number of rotatable bonds is 48. The molecule has 0 aliphatic carbocycles. The number of unbranched alkanes of at least 4 members (excludes halogenated alkanes) is 36. The van der Waals surface area contributed by atoms with Gasteiger partial charge in [-0.25, -0.2) is 0 Å². The van der Waals surface area contributed by atoms with Crippen molar-refractivity contribution in [3.8, 4) is 0 Å². The lowest BCUT2D eigenvalue weighted by molar-refractivity contribution is -0.890. The van der Waals surface area contributed by atoms with E-state index in [9.17, 15) is 0 Å². The zero-order valence-electron chi connectivity index (χ0n) is 49.1. The van der Waals surface area contributed by atoms with Crippen molar-refractivity contribution in [3.63, 3.8) is 0 Å². The highest BCUT2D eigenvalue weighted by Crippen LogP contribution is 2.16. The van der Waals surface area contributed by atoms with Crippen molar-refractivity contribution < 1.29 is 28.5 Å². The molecule has 408 valence electrons. The molecular weight excluding hydrogens is 821 g/mol. The molecule has 0 N–H and O–H groups in total. The molecule has 0 saturated heterocycles. The molecule has 0 aliphatic rings. The molecule has 0 aromatic carbocycles. The summed E-state index contributed by atoms with van der Waals surface area (Å²) in [6.45, 7) is 22.0. The Hall–Kier alpha value is -0.175. The van der Waals surface area contributed by atoms with Gasteiger partial charge in [0.25, 0.3) is 0 Å². The van der Waals surface area contributed by atoms with E-state index in [0.717, 1.165) is 0 Å². The van der Waals surface area contributed by atoms with E-state index in [2.05, 4.69) is 83.8 Å². The molecule has 0 unspecified atom stereocenters. The third-order valence-corrected chi connectivity index (χ3v) is 14.2. The van der Waals surface area contributed by atoms with Crippen LogP contribution in [0.5, 0.6) is 0 Å². The largest absolute Gasteiger partial charge is 0.907 e. The van der Waals surface area contributed by atoms with Gasteiger partial charge >= 0.3 is 0 Å². The summed E-state index contributed by atoms with van der Waals surface area (Å²) in [5.41, 5.74) is 0. The van der Waals surface area contributed by atoms with Crippen LogP contribution in [0.15, 0.2) is 0 Å². The quantitative estimate of drug-likeness (QED) is 0.0347. The Morgan fingerprint density at radius 1 is 0.194 bits per heavy atom. The zero-order chi connectivity index (χ0) is 51.0. The molecule has 0 amide bonds. The minimum absolute atomic E-state index is 1.24. The second-order valence-corrected chi connectivity index (χ2v) is 23.2. The van der Waals surface area contributed by atoms with Crippen LogP contribution in [0.2, 0.25) is 0 Å². The molecule has 0 rings (SSSR count). The summed E-state index contributed by atoms with van der Waals surface area (Å²) < 4.78 is 3.72. The summed E-state index contributed by atoms with van der Waals surface area (Å²) in [6, 6.07) is 0. The van der Waals surface area contributed by atoms with Crippen LogP contribution in [-0.4, -0.2) is 102 Å². The molecule has 0 aliphatic heterocycles. The van der Waals surface area contributed by atoms with Crippen LogP contribution >= 0.6 is 0 Å². The van der Waals surface area contributed by atoms with Crippen LogP contribution in [0, 0.1) is 0 Å². The standard InChI is InChI=1S/3C20H44N.BO3/c3*1-5-7-9-11-13-14-16-18-20-21(3,4)19-17-15-12-10-8-6-2;2-1(3)4/h3*5-20H2,1-4H3;/q3*+1;-3. The lowest BCUT2D eigenvalue weighted by atomic mass is 10.1. The normalized spacial score (nSPS) is 11.7. The third kappa shape index (κ3) is 74.9. The molecule has 0 radical (unpaired) electrons. The monoisotopic (exact) mass is 954 g/mol. The first kappa shape index (κ1) is 73.4. The maximum Gasteiger partial charge on any atom is 0.0782 e. The first-order chi connectivity index (χ1) is 32.1. The Labute approximate surface area is 427 Å². The molecule has 0 aromatic heterocycles. The van der Waals surface area contributed by atoms with Gasteiger partial charge in [-0.15, -0.1) is 0 Å². The lowest BCUT2D eigenvalue weighted by Crippen LogP contribution is -2.56. The van der Waals surface area contributed by atoms with Gasteiger partial charge in [0.15, 0.2) is 0 Å². The van der Waals surface area contributed by atoms with Crippen LogP contribution < -0.4 is 15.1 Å². The van der Waals surface area contributed by atoms with Gasteiger partial charge < -0.3 is 28.5 Å². The van der Waals surface area contributed by atoms with Crippen molar-refractivity contribution in [2.45, 2.75) is 311 Å². The molecular formula is C60H132BN3O3. The molecule has 0 heterocycles. The van der Waals surface area contributed by atoms with Gasteiger partial charge in [-0.05, 0) is 77.0 Å². The summed E-state index contributed by atoms with van der Waals surface area (Å²) >= 11 is 0. The van der Waals surface area contributed by atoms with E-state index < -0.39 is 7.32 Å². The van der Waals surface area contributed by atoms with Crippen molar-refractivity contribution in [1.82, 2.24) is 0 Å². The Kier molecular flexibility index (Phi) is 63.9. The van der Waals surface area contributed by atoms with E-state index in [0.29, 0.717) is 0 Å². The Morgan fingerprint density at radius 2 is 0.284 bits per heavy atom. The molecule has 0 fully saturated rings. The Balaban J connectivity index is -0.000000426. The lowest BCUT2D eigenvalue weighted by Gasteiger charge is -2.35. The molecule has 7 heteroatoms. The number of nitrogens with zero attached hydrogens (tertiary/aromatic N) is 3. The van der Waals surface area contributed by atoms with Gasteiger partial charge in [0, 0.05) is 0 Å². The van der Waals surface area contributed by atoms with Crippen molar-refractivity contribution in [2.75, 3.05) is 81.6 Å². The molecule has 0 bridgehead atoms. The molecule has 0 spiro atoms. The molecule has 0 aromatic rings. The second kappa shape index (κ2) is 58.4. The average molecular weight is 955 g/mol. The fourth-order valence-corrected chi connectivity index (χ4v) is 9.32. The summed E-state index contributed by atoms with van der Waals surface area (Å²) in [5.74, 6) is 0.